The van der Waals surface area contributed by atoms with Gasteiger partial charge in [-0.15, -0.1) is 0 Å². The van der Waals surface area contributed by atoms with Gasteiger partial charge < -0.3 is 10.6 Å². The van der Waals surface area contributed by atoms with Gasteiger partial charge in [-0.05, 0) is 18.8 Å². The Morgan fingerprint density at radius 2 is 2.15 bits per heavy atom. The Morgan fingerprint density at radius 1 is 1.38 bits per heavy atom. The van der Waals surface area contributed by atoms with Crippen LogP contribution in [-0.2, 0) is 4.79 Å². The van der Waals surface area contributed by atoms with E-state index in [9.17, 15) is 4.79 Å². The summed E-state index contributed by atoms with van der Waals surface area (Å²) in [5, 5.41) is 0. The molecule has 0 aromatic carbocycles. The van der Waals surface area contributed by atoms with Crippen LogP contribution in [0.1, 0.15) is 32.1 Å². The minimum absolute atomic E-state index is 0.166. The molecule has 1 unspecified atom stereocenters. The van der Waals surface area contributed by atoms with Crippen molar-refractivity contribution >= 4 is 5.91 Å². The molecule has 1 aliphatic heterocycles. The van der Waals surface area contributed by atoms with Crippen molar-refractivity contribution in [2.24, 2.45) is 11.7 Å². The molecule has 0 radical (unpaired) electrons. The van der Waals surface area contributed by atoms with E-state index in [-0.39, 0.29) is 11.9 Å². The number of hydrogen-bond acceptors (Lipinski definition) is 2. The third-order valence-electron chi connectivity index (χ3n) is 3.37. The smallest absolute Gasteiger partial charge is 0.239 e. The summed E-state index contributed by atoms with van der Waals surface area (Å²) in [5.41, 5.74) is 5.63. The maximum Gasteiger partial charge on any atom is 0.239 e. The molecule has 1 amide bonds. The number of likely N-dealkylation sites (tertiary alicyclic amines) is 1. The number of amides is 1. The van der Waals surface area contributed by atoms with Crippen LogP contribution in [-0.4, -0.2) is 29.9 Å². The zero-order chi connectivity index (χ0) is 9.26. The van der Waals surface area contributed by atoms with Gasteiger partial charge in [0.25, 0.3) is 0 Å². The molecular weight excluding hydrogens is 164 g/mol. The minimum Gasteiger partial charge on any atom is -0.341 e. The van der Waals surface area contributed by atoms with E-state index in [1.807, 2.05) is 4.90 Å². The lowest BCUT2D eigenvalue weighted by Gasteiger charge is -2.27. The Labute approximate surface area is 79.3 Å². The highest BCUT2D eigenvalue weighted by molar-refractivity contribution is 5.83. The molecule has 0 spiro atoms. The van der Waals surface area contributed by atoms with Crippen LogP contribution in [0, 0.1) is 5.92 Å². The van der Waals surface area contributed by atoms with Crippen molar-refractivity contribution in [2.75, 3.05) is 13.1 Å². The van der Waals surface area contributed by atoms with E-state index in [2.05, 4.69) is 0 Å². The standard InChI is InChI=1S/C10H18N2O/c11-9-5-7-12(10(9)13)6-4-8-2-1-3-8/h8-9H,1-7,11H2. The summed E-state index contributed by atoms with van der Waals surface area (Å²) in [5.74, 6) is 1.06. The summed E-state index contributed by atoms with van der Waals surface area (Å²) in [7, 11) is 0. The number of hydrogen-bond donors (Lipinski definition) is 1. The molecule has 0 aromatic rings. The second kappa shape index (κ2) is 3.66. The van der Waals surface area contributed by atoms with Crippen LogP contribution in [0.15, 0.2) is 0 Å². The zero-order valence-corrected chi connectivity index (χ0v) is 8.04. The van der Waals surface area contributed by atoms with Gasteiger partial charge in [-0.25, -0.2) is 0 Å². The van der Waals surface area contributed by atoms with Crippen LogP contribution in [0.25, 0.3) is 0 Å². The molecule has 1 saturated heterocycles. The average Bonchev–Trinajstić information content (AvgIpc) is 2.33. The first-order valence-corrected chi connectivity index (χ1v) is 5.32. The molecule has 2 N–H and O–H groups in total. The Balaban J connectivity index is 1.72. The third kappa shape index (κ3) is 1.85. The number of rotatable bonds is 3. The maximum atomic E-state index is 11.4. The monoisotopic (exact) mass is 182 g/mol. The van der Waals surface area contributed by atoms with Gasteiger partial charge >= 0.3 is 0 Å². The molecule has 2 fully saturated rings. The van der Waals surface area contributed by atoms with Crippen molar-refractivity contribution < 1.29 is 4.79 Å². The van der Waals surface area contributed by atoms with Crippen molar-refractivity contribution in [2.45, 2.75) is 38.1 Å². The van der Waals surface area contributed by atoms with Gasteiger partial charge in [-0.1, -0.05) is 19.3 Å². The number of nitrogens with zero attached hydrogens (tertiary/aromatic N) is 1. The Bertz CT molecular complexity index is 201. The maximum absolute atomic E-state index is 11.4. The van der Waals surface area contributed by atoms with Gasteiger partial charge in [0.15, 0.2) is 0 Å². The van der Waals surface area contributed by atoms with Gasteiger partial charge in [0, 0.05) is 13.1 Å². The molecule has 0 bridgehead atoms. The van der Waals surface area contributed by atoms with E-state index in [4.69, 9.17) is 5.73 Å². The molecule has 1 heterocycles. The summed E-state index contributed by atoms with van der Waals surface area (Å²) < 4.78 is 0. The highest BCUT2D eigenvalue weighted by atomic mass is 16.2. The molecule has 3 nitrogen and oxygen atoms in total. The Hall–Kier alpha value is -0.570. The van der Waals surface area contributed by atoms with Gasteiger partial charge in [0.2, 0.25) is 5.91 Å². The fourth-order valence-corrected chi connectivity index (χ4v) is 2.10. The molecule has 1 saturated carbocycles. The predicted molar refractivity (Wildman–Crippen MR) is 51.1 cm³/mol. The molecule has 3 heteroatoms. The van der Waals surface area contributed by atoms with Crippen LogP contribution < -0.4 is 5.73 Å². The summed E-state index contributed by atoms with van der Waals surface area (Å²) in [6, 6.07) is -0.207. The first-order valence-electron chi connectivity index (χ1n) is 5.32. The molecule has 2 aliphatic rings. The highest BCUT2D eigenvalue weighted by Gasteiger charge is 2.29. The van der Waals surface area contributed by atoms with Crippen LogP contribution in [0.2, 0.25) is 0 Å². The second-order valence-corrected chi connectivity index (χ2v) is 4.31. The van der Waals surface area contributed by atoms with E-state index >= 15 is 0 Å². The Morgan fingerprint density at radius 3 is 2.62 bits per heavy atom. The zero-order valence-electron chi connectivity index (χ0n) is 8.04. The van der Waals surface area contributed by atoms with E-state index in [1.54, 1.807) is 0 Å². The van der Waals surface area contributed by atoms with Crippen LogP contribution in [0.3, 0.4) is 0 Å². The fourth-order valence-electron chi connectivity index (χ4n) is 2.10. The second-order valence-electron chi connectivity index (χ2n) is 4.31. The summed E-state index contributed by atoms with van der Waals surface area (Å²) in [4.78, 5) is 13.4. The van der Waals surface area contributed by atoms with Crippen molar-refractivity contribution in [1.29, 1.82) is 0 Å². The Kier molecular flexibility index (Phi) is 2.54. The predicted octanol–water partition coefficient (Wildman–Crippen LogP) is 0.736. The van der Waals surface area contributed by atoms with E-state index < -0.39 is 0 Å². The fraction of sp³-hybridized carbons (Fsp3) is 0.900. The molecular formula is C10H18N2O. The average molecular weight is 182 g/mol. The number of carbonyl (C=O) groups is 1. The first-order chi connectivity index (χ1) is 6.27. The van der Waals surface area contributed by atoms with Gasteiger partial charge in [0.05, 0.1) is 6.04 Å². The molecule has 1 atom stereocenters. The lowest BCUT2D eigenvalue weighted by molar-refractivity contribution is -0.128. The van der Waals surface area contributed by atoms with Crippen LogP contribution in [0.4, 0.5) is 0 Å². The molecule has 2 rings (SSSR count). The summed E-state index contributed by atoms with van der Waals surface area (Å²) >= 11 is 0. The molecule has 13 heavy (non-hydrogen) atoms. The van der Waals surface area contributed by atoms with Crippen molar-refractivity contribution in [1.82, 2.24) is 4.90 Å². The largest absolute Gasteiger partial charge is 0.341 e. The quantitative estimate of drug-likeness (QED) is 0.699. The van der Waals surface area contributed by atoms with Crippen LogP contribution >= 0.6 is 0 Å². The SMILES string of the molecule is NC1CCN(CCC2CCC2)C1=O. The number of carbonyl (C=O) groups excluding carboxylic acids is 1. The van der Waals surface area contributed by atoms with E-state index in [1.165, 1.54) is 25.7 Å². The number of nitrogens with two attached hydrogens (primary N) is 1. The van der Waals surface area contributed by atoms with Crippen molar-refractivity contribution in [3.63, 3.8) is 0 Å². The lowest BCUT2D eigenvalue weighted by atomic mass is 9.83. The van der Waals surface area contributed by atoms with E-state index in [0.29, 0.717) is 0 Å². The highest BCUT2D eigenvalue weighted by Crippen LogP contribution is 2.29. The van der Waals surface area contributed by atoms with Crippen molar-refractivity contribution in [3.05, 3.63) is 0 Å². The van der Waals surface area contributed by atoms with Gasteiger partial charge in [-0.2, -0.15) is 0 Å². The summed E-state index contributed by atoms with van der Waals surface area (Å²) in [6.07, 6.45) is 6.17. The lowest BCUT2D eigenvalue weighted by Crippen LogP contribution is -2.35. The molecule has 0 aromatic heterocycles. The third-order valence-corrected chi connectivity index (χ3v) is 3.37. The van der Waals surface area contributed by atoms with Crippen molar-refractivity contribution in [3.8, 4) is 0 Å². The normalized spacial score (nSPS) is 29.5. The van der Waals surface area contributed by atoms with Gasteiger partial charge in [-0.3, -0.25) is 4.79 Å². The van der Waals surface area contributed by atoms with E-state index in [0.717, 1.165) is 25.4 Å². The minimum atomic E-state index is -0.207. The molecule has 1 aliphatic carbocycles. The van der Waals surface area contributed by atoms with Gasteiger partial charge in [0.1, 0.15) is 0 Å². The topological polar surface area (TPSA) is 46.3 Å². The summed E-state index contributed by atoms with van der Waals surface area (Å²) in [6.45, 7) is 1.82. The first kappa shape index (κ1) is 9.00. The molecule has 74 valence electrons. The van der Waals surface area contributed by atoms with Crippen LogP contribution in [0.5, 0.6) is 0 Å².